The highest BCUT2D eigenvalue weighted by Gasteiger charge is 2.06. The molecule has 2 aromatic heterocycles. The number of aromatic amines is 1. The van der Waals surface area contributed by atoms with E-state index in [9.17, 15) is 4.79 Å². The number of fused-ring (bicyclic) bond motifs is 1. The first-order valence-corrected chi connectivity index (χ1v) is 9.96. The summed E-state index contributed by atoms with van der Waals surface area (Å²) in [6, 6.07) is 11.9. The number of aromatic nitrogens is 2. The number of pyridine rings is 1. The zero-order valence-electron chi connectivity index (χ0n) is 16.7. The minimum Gasteiger partial charge on any atom is -0.490 e. The van der Waals surface area contributed by atoms with Crippen molar-refractivity contribution >= 4 is 16.7 Å². The van der Waals surface area contributed by atoms with Gasteiger partial charge in [-0.15, -0.1) is 0 Å². The monoisotopic (exact) mass is 380 g/mol. The number of aryl methyl sites for hydroxylation is 2. The van der Waals surface area contributed by atoms with Crippen molar-refractivity contribution in [3.05, 3.63) is 53.9 Å². The number of Topliss-reactive ketones (excluding diaryl/α,β-unsaturated/α-hetero) is 1. The number of hydrogen-bond acceptors (Lipinski definition) is 4. The molecule has 0 aliphatic heterocycles. The quantitative estimate of drug-likeness (QED) is 0.481. The van der Waals surface area contributed by atoms with E-state index >= 15 is 0 Å². The van der Waals surface area contributed by atoms with E-state index in [4.69, 9.17) is 9.47 Å². The molecular formula is C23H28N2O3. The van der Waals surface area contributed by atoms with E-state index in [1.807, 2.05) is 36.5 Å². The topological polar surface area (TPSA) is 64.2 Å². The van der Waals surface area contributed by atoms with Crippen LogP contribution in [-0.2, 0) is 17.6 Å². The number of benzene rings is 1. The third-order valence-electron chi connectivity index (χ3n) is 4.60. The van der Waals surface area contributed by atoms with Gasteiger partial charge in [0.15, 0.2) is 0 Å². The van der Waals surface area contributed by atoms with Crippen molar-refractivity contribution in [2.24, 2.45) is 0 Å². The molecular weight excluding hydrogens is 352 g/mol. The second-order valence-corrected chi connectivity index (χ2v) is 6.99. The maximum Gasteiger partial charge on any atom is 0.213 e. The molecule has 0 fully saturated rings. The van der Waals surface area contributed by atoms with Crippen LogP contribution in [0.25, 0.3) is 10.9 Å². The molecule has 0 saturated carbocycles. The number of carbonyl (C=O) groups is 1. The van der Waals surface area contributed by atoms with Gasteiger partial charge in [-0.3, -0.25) is 0 Å². The molecule has 0 amide bonds. The van der Waals surface area contributed by atoms with Gasteiger partial charge in [0.1, 0.15) is 24.7 Å². The molecule has 0 saturated heterocycles. The number of H-pyrrole nitrogens is 1. The van der Waals surface area contributed by atoms with Gasteiger partial charge in [0.25, 0.3) is 0 Å². The third kappa shape index (κ3) is 5.59. The SMILES string of the molecule is CCCc1cccc(OCCOc2ccc3[nH]cc(CCCC(C)=O)c3c2)n1. The molecule has 1 aromatic carbocycles. The smallest absolute Gasteiger partial charge is 0.213 e. The van der Waals surface area contributed by atoms with Crippen LogP contribution in [0.1, 0.15) is 44.4 Å². The Labute approximate surface area is 166 Å². The molecule has 5 heteroatoms. The predicted molar refractivity (Wildman–Crippen MR) is 111 cm³/mol. The normalized spacial score (nSPS) is 10.9. The molecule has 28 heavy (non-hydrogen) atoms. The molecule has 0 unspecified atom stereocenters. The average molecular weight is 380 g/mol. The highest BCUT2D eigenvalue weighted by atomic mass is 16.5. The first kappa shape index (κ1) is 19.9. The van der Waals surface area contributed by atoms with Gasteiger partial charge in [0.05, 0.1) is 0 Å². The van der Waals surface area contributed by atoms with Crippen molar-refractivity contribution in [1.29, 1.82) is 0 Å². The Balaban J connectivity index is 1.52. The van der Waals surface area contributed by atoms with Gasteiger partial charge in [-0.2, -0.15) is 0 Å². The molecule has 2 heterocycles. The summed E-state index contributed by atoms with van der Waals surface area (Å²) >= 11 is 0. The van der Waals surface area contributed by atoms with Crippen molar-refractivity contribution in [1.82, 2.24) is 9.97 Å². The van der Waals surface area contributed by atoms with Crippen molar-refractivity contribution in [3.63, 3.8) is 0 Å². The Morgan fingerprint density at radius 3 is 2.79 bits per heavy atom. The lowest BCUT2D eigenvalue weighted by Crippen LogP contribution is -2.10. The lowest BCUT2D eigenvalue weighted by Gasteiger charge is -2.09. The van der Waals surface area contributed by atoms with Gasteiger partial charge in [0, 0.05) is 35.3 Å². The summed E-state index contributed by atoms with van der Waals surface area (Å²) in [4.78, 5) is 18.9. The minimum absolute atomic E-state index is 0.235. The number of ether oxygens (including phenoxy) is 2. The fourth-order valence-corrected chi connectivity index (χ4v) is 3.22. The second-order valence-electron chi connectivity index (χ2n) is 6.99. The Kier molecular flexibility index (Phi) is 7.06. The fourth-order valence-electron chi connectivity index (χ4n) is 3.22. The van der Waals surface area contributed by atoms with Gasteiger partial charge in [-0.1, -0.05) is 19.4 Å². The zero-order chi connectivity index (χ0) is 19.8. The maximum atomic E-state index is 11.1. The van der Waals surface area contributed by atoms with Gasteiger partial charge >= 0.3 is 0 Å². The van der Waals surface area contributed by atoms with Crippen LogP contribution in [0, 0.1) is 0 Å². The number of hydrogen-bond donors (Lipinski definition) is 1. The van der Waals surface area contributed by atoms with Crippen LogP contribution in [0.15, 0.2) is 42.6 Å². The van der Waals surface area contributed by atoms with E-state index in [2.05, 4.69) is 23.0 Å². The van der Waals surface area contributed by atoms with E-state index in [0.29, 0.717) is 25.5 Å². The lowest BCUT2D eigenvalue weighted by atomic mass is 10.1. The summed E-state index contributed by atoms with van der Waals surface area (Å²) in [7, 11) is 0. The molecule has 0 bridgehead atoms. The molecule has 0 aliphatic rings. The molecule has 0 aliphatic carbocycles. The maximum absolute atomic E-state index is 11.1. The Morgan fingerprint density at radius 2 is 1.96 bits per heavy atom. The van der Waals surface area contributed by atoms with Crippen LogP contribution in [-0.4, -0.2) is 29.0 Å². The van der Waals surface area contributed by atoms with E-state index in [1.165, 1.54) is 5.56 Å². The van der Waals surface area contributed by atoms with Crippen LogP contribution < -0.4 is 9.47 Å². The van der Waals surface area contributed by atoms with E-state index in [-0.39, 0.29) is 5.78 Å². The molecule has 0 radical (unpaired) electrons. The standard InChI is InChI=1S/C23H28N2O3/c1-3-6-19-9-5-10-23(25-19)28-14-13-27-20-11-12-22-21(15-20)18(16-24-22)8-4-7-17(2)26/h5,9-12,15-16,24H,3-4,6-8,13-14H2,1-2H3. The minimum atomic E-state index is 0.235. The molecule has 3 aromatic rings. The number of rotatable bonds is 11. The molecule has 1 N–H and O–H groups in total. The summed E-state index contributed by atoms with van der Waals surface area (Å²) in [5, 5.41) is 1.15. The van der Waals surface area contributed by atoms with Crippen molar-refractivity contribution in [3.8, 4) is 11.6 Å². The first-order chi connectivity index (χ1) is 13.7. The molecule has 148 valence electrons. The van der Waals surface area contributed by atoms with Crippen LogP contribution >= 0.6 is 0 Å². The van der Waals surface area contributed by atoms with Crippen LogP contribution in [0.2, 0.25) is 0 Å². The molecule has 5 nitrogen and oxygen atoms in total. The summed E-state index contributed by atoms with van der Waals surface area (Å²) < 4.78 is 11.6. The van der Waals surface area contributed by atoms with Gasteiger partial charge in [-0.05, 0) is 56.0 Å². The number of ketones is 1. The van der Waals surface area contributed by atoms with E-state index < -0.39 is 0 Å². The summed E-state index contributed by atoms with van der Waals surface area (Å²) in [5.74, 6) is 1.69. The highest BCUT2D eigenvalue weighted by Crippen LogP contribution is 2.25. The molecule has 3 rings (SSSR count). The largest absolute Gasteiger partial charge is 0.490 e. The van der Waals surface area contributed by atoms with E-state index in [0.717, 1.165) is 48.0 Å². The Bertz CT molecular complexity index is 917. The third-order valence-corrected chi connectivity index (χ3v) is 4.60. The van der Waals surface area contributed by atoms with Gasteiger partial charge < -0.3 is 19.3 Å². The van der Waals surface area contributed by atoms with Crippen LogP contribution in [0.3, 0.4) is 0 Å². The predicted octanol–water partition coefficient (Wildman–Crippen LogP) is 4.88. The van der Waals surface area contributed by atoms with Crippen molar-refractivity contribution < 1.29 is 14.3 Å². The number of nitrogens with zero attached hydrogens (tertiary/aromatic N) is 1. The number of carbonyl (C=O) groups excluding carboxylic acids is 1. The molecule has 0 spiro atoms. The van der Waals surface area contributed by atoms with Gasteiger partial charge in [0.2, 0.25) is 5.88 Å². The van der Waals surface area contributed by atoms with E-state index in [1.54, 1.807) is 6.92 Å². The molecule has 0 atom stereocenters. The zero-order valence-corrected chi connectivity index (χ0v) is 16.7. The van der Waals surface area contributed by atoms with Crippen molar-refractivity contribution in [2.75, 3.05) is 13.2 Å². The van der Waals surface area contributed by atoms with Crippen molar-refractivity contribution in [2.45, 2.75) is 46.0 Å². The van der Waals surface area contributed by atoms with Gasteiger partial charge in [-0.25, -0.2) is 4.98 Å². The lowest BCUT2D eigenvalue weighted by molar-refractivity contribution is -0.117. The number of nitrogens with one attached hydrogen (secondary N) is 1. The summed E-state index contributed by atoms with van der Waals surface area (Å²) in [6.07, 6.45) is 6.41. The Morgan fingerprint density at radius 1 is 1.11 bits per heavy atom. The average Bonchev–Trinajstić information content (AvgIpc) is 3.08. The first-order valence-electron chi connectivity index (χ1n) is 9.96. The highest BCUT2D eigenvalue weighted by molar-refractivity contribution is 5.84. The Hall–Kier alpha value is -2.82. The van der Waals surface area contributed by atoms with Crippen LogP contribution in [0.4, 0.5) is 0 Å². The summed E-state index contributed by atoms with van der Waals surface area (Å²) in [5.41, 5.74) is 3.35. The summed E-state index contributed by atoms with van der Waals surface area (Å²) in [6.45, 7) is 4.67. The fraction of sp³-hybridized carbons (Fsp3) is 0.391. The second kappa shape index (κ2) is 9.93. The van der Waals surface area contributed by atoms with Crippen LogP contribution in [0.5, 0.6) is 11.6 Å².